The fourth-order valence-corrected chi connectivity index (χ4v) is 2.01. The quantitative estimate of drug-likeness (QED) is 0.581. The number of carbonyl (C=O) groups excluding carboxylic acids is 1. The molecular formula is C15H21NO5. The summed E-state index contributed by atoms with van der Waals surface area (Å²) in [6, 6.07) is 5.39. The molecule has 1 aliphatic rings. The van der Waals surface area contributed by atoms with E-state index in [1.165, 1.54) is 0 Å². The monoisotopic (exact) mass is 295 g/mol. The van der Waals surface area contributed by atoms with Gasteiger partial charge in [0.15, 0.2) is 5.75 Å². The molecule has 0 radical (unpaired) electrons. The molecule has 21 heavy (non-hydrogen) atoms. The van der Waals surface area contributed by atoms with E-state index >= 15 is 0 Å². The summed E-state index contributed by atoms with van der Waals surface area (Å²) in [4.78, 5) is 12.0. The van der Waals surface area contributed by atoms with Crippen molar-refractivity contribution >= 4 is 11.7 Å². The Hall–Kier alpha value is -1.79. The zero-order valence-electron chi connectivity index (χ0n) is 12.2. The smallest absolute Gasteiger partial charge is 0.342 e. The van der Waals surface area contributed by atoms with Crippen LogP contribution >= 0.6 is 0 Å². The van der Waals surface area contributed by atoms with Gasteiger partial charge in [0, 0.05) is 26.9 Å². The Morgan fingerprint density at radius 1 is 1.29 bits per heavy atom. The molecule has 6 nitrogen and oxygen atoms in total. The maximum absolute atomic E-state index is 12.0. The van der Waals surface area contributed by atoms with Crippen molar-refractivity contribution < 1.29 is 23.7 Å². The first-order chi connectivity index (χ1) is 10.3. The number of anilines is 1. The van der Waals surface area contributed by atoms with Gasteiger partial charge >= 0.3 is 5.97 Å². The first-order valence-corrected chi connectivity index (χ1v) is 7.06. The third kappa shape index (κ3) is 4.61. The number of hydrogen-bond donors (Lipinski definition) is 1. The topological polar surface area (TPSA) is 66.0 Å². The van der Waals surface area contributed by atoms with E-state index in [0.29, 0.717) is 37.7 Å². The van der Waals surface area contributed by atoms with Crippen LogP contribution in [0.2, 0.25) is 0 Å². The van der Waals surface area contributed by atoms with Crippen molar-refractivity contribution in [2.45, 2.75) is 6.42 Å². The summed E-state index contributed by atoms with van der Waals surface area (Å²) in [5.74, 6) is 0.172. The molecule has 6 heteroatoms. The maximum Gasteiger partial charge on any atom is 0.342 e. The lowest BCUT2D eigenvalue weighted by Crippen LogP contribution is -2.21. The highest BCUT2D eigenvalue weighted by Crippen LogP contribution is 2.31. The maximum atomic E-state index is 12.0. The fourth-order valence-electron chi connectivity index (χ4n) is 2.01. The average molecular weight is 295 g/mol. The Labute approximate surface area is 124 Å². The predicted octanol–water partition coefficient (Wildman–Crippen LogP) is 1.70. The number of rotatable bonds is 8. The van der Waals surface area contributed by atoms with Crippen LogP contribution in [-0.4, -0.2) is 52.7 Å². The van der Waals surface area contributed by atoms with Gasteiger partial charge in [0.1, 0.15) is 18.8 Å². The molecule has 0 atom stereocenters. The molecule has 1 N–H and O–H groups in total. The Morgan fingerprint density at radius 3 is 3.05 bits per heavy atom. The van der Waals surface area contributed by atoms with Crippen molar-refractivity contribution in [3.8, 4) is 5.75 Å². The van der Waals surface area contributed by atoms with Crippen LogP contribution in [0.15, 0.2) is 18.2 Å². The van der Waals surface area contributed by atoms with Crippen LogP contribution in [0, 0.1) is 0 Å². The van der Waals surface area contributed by atoms with Crippen molar-refractivity contribution in [2.75, 3.05) is 52.0 Å². The summed E-state index contributed by atoms with van der Waals surface area (Å²) in [5, 5.41) is 3.18. The van der Waals surface area contributed by atoms with Crippen molar-refractivity contribution in [3.05, 3.63) is 23.8 Å². The summed E-state index contributed by atoms with van der Waals surface area (Å²) >= 11 is 0. The van der Waals surface area contributed by atoms with Crippen LogP contribution in [0.3, 0.4) is 0 Å². The minimum Gasteiger partial charge on any atom is -0.489 e. The lowest BCUT2D eigenvalue weighted by Gasteiger charge is -2.21. The number of ether oxygens (including phenoxy) is 4. The minimum atomic E-state index is -0.393. The van der Waals surface area contributed by atoms with E-state index in [4.69, 9.17) is 18.9 Å². The summed E-state index contributed by atoms with van der Waals surface area (Å²) in [6.07, 6.45) is 0.830. The number of esters is 1. The Bertz CT molecular complexity index is 463. The second-order valence-corrected chi connectivity index (χ2v) is 4.55. The number of para-hydroxylation sites is 1. The van der Waals surface area contributed by atoms with Gasteiger partial charge in [-0.2, -0.15) is 0 Å². The molecule has 0 fully saturated rings. The molecule has 0 unspecified atom stereocenters. The lowest BCUT2D eigenvalue weighted by molar-refractivity contribution is 0.0284. The Morgan fingerprint density at radius 2 is 2.19 bits per heavy atom. The SMILES string of the molecule is COCCCOCCOC(=O)c1cccc2c1OCCN2. The zero-order valence-corrected chi connectivity index (χ0v) is 12.2. The van der Waals surface area contributed by atoms with Gasteiger partial charge in [-0.25, -0.2) is 4.79 Å². The van der Waals surface area contributed by atoms with E-state index in [9.17, 15) is 4.79 Å². The van der Waals surface area contributed by atoms with E-state index in [2.05, 4.69) is 5.32 Å². The standard InChI is InChI=1S/C15H21NO5/c1-18-7-3-8-19-10-11-21-15(17)12-4-2-5-13-14(12)20-9-6-16-13/h2,4-5,16H,3,6-11H2,1H3. The number of hydrogen-bond acceptors (Lipinski definition) is 6. The van der Waals surface area contributed by atoms with Gasteiger partial charge in [-0.1, -0.05) is 6.07 Å². The number of fused-ring (bicyclic) bond motifs is 1. The van der Waals surface area contributed by atoms with Gasteiger partial charge in [-0.3, -0.25) is 0 Å². The van der Waals surface area contributed by atoms with Crippen molar-refractivity contribution in [3.63, 3.8) is 0 Å². The molecule has 0 aromatic heterocycles. The largest absolute Gasteiger partial charge is 0.489 e. The zero-order chi connectivity index (χ0) is 14.9. The number of benzene rings is 1. The van der Waals surface area contributed by atoms with Crippen LogP contribution in [0.25, 0.3) is 0 Å². The normalized spacial score (nSPS) is 13.0. The van der Waals surface area contributed by atoms with Crippen LogP contribution in [0.5, 0.6) is 5.75 Å². The third-order valence-electron chi connectivity index (χ3n) is 3.00. The number of nitrogens with one attached hydrogen (secondary N) is 1. The average Bonchev–Trinajstić information content (AvgIpc) is 2.53. The van der Waals surface area contributed by atoms with Crippen LogP contribution in [-0.2, 0) is 14.2 Å². The molecule has 0 saturated carbocycles. The molecule has 1 aromatic carbocycles. The first-order valence-electron chi connectivity index (χ1n) is 7.06. The second-order valence-electron chi connectivity index (χ2n) is 4.55. The molecular weight excluding hydrogens is 274 g/mol. The fraction of sp³-hybridized carbons (Fsp3) is 0.533. The summed E-state index contributed by atoms with van der Waals surface area (Å²) in [5.41, 5.74) is 1.27. The molecule has 1 aromatic rings. The third-order valence-corrected chi connectivity index (χ3v) is 3.00. The Balaban J connectivity index is 1.76. The minimum absolute atomic E-state index is 0.225. The van der Waals surface area contributed by atoms with E-state index in [0.717, 1.165) is 18.7 Å². The number of carbonyl (C=O) groups is 1. The molecule has 2 rings (SSSR count). The van der Waals surface area contributed by atoms with Gasteiger partial charge < -0.3 is 24.3 Å². The molecule has 1 heterocycles. The highest BCUT2D eigenvalue weighted by Gasteiger charge is 2.19. The van der Waals surface area contributed by atoms with Crippen LogP contribution in [0.4, 0.5) is 5.69 Å². The second kappa shape index (κ2) is 8.49. The molecule has 1 aliphatic heterocycles. The van der Waals surface area contributed by atoms with Gasteiger partial charge in [-0.05, 0) is 18.6 Å². The van der Waals surface area contributed by atoms with Gasteiger partial charge in [0.25, 0.3) is 0 Å². The summed E-state index contributed by atoms with van der Waals surface area (Å²) in [6.45, 7) is 3.15. The highest BCUT2D eigenvalue weighted by atomic mass is 16.6. The van der Waals surface area contributed by atoms with Crippen molar-refractivity contribution in [1.29, 1.82) is 0 Å². The molecule has 0 bridgehead atoms. The van der Waals surface area contributed by atoms with E-state index in [-0.39, 0.29) is 6.61 Å². The van der Waals surface area contributed by atoms with E-state index in [1.807, 2.05) is 6.07 Å². The lowest BCUT2D eigenvalue weighted by atomic mass is 10.1. The van der Waals surface area contributed by atoms with Gasteiger partial charge in [0.05, 0.1) is 12.3 Å². The summed E-state index contributed by atoms with van der Waals surface area (Å²) < 4.78 is 21.0. The molecule has 0 amide bonds. The summed E-state index contributed by atoms with van der Waals surface area (Å²) in [7, 11) is 1.65. The van der Waals surface area contributed by atoms with E-state index in [1.54, 1.807) is 19.2 Å². The molecule has 0 saturated heterocycles. The van der Waals surface area contributed by atoms with E-state index < -0.39 is 5.97 Å². The Kier molecular flexibility index (Phi) is 6.30. The molecule has 0 aliphatic carbocycles. The van der Waals surface area contributed by atoms with Gasteiger partial charge in [-0.15, -0.1) is 0 Å². The van der Waals surface area contributed by atoms with Crippen LogP contribution in [0.1, 0.15) is 16.8 Å². The van der Waals surface area contributed by atoms with Gasteiger partial charge in [0.2, 0.25) is 0 Å². The highest BCUT2D eigenvalue weighted by molar-refractivity contribution is 5.95. The first kappa shape index (κ1) is 15.6. The van der Waals surface area contributed by atoms with Crippen molar-refractivity contribution in [2.24, 2.45) is 0 Å². The van der Waals surface area contributed by atoms with Crippen molar-refractivity contribution in [1.82, 2.24) is 0 Å². The number of methoxy groups -OCH3 is 1. The molecule has 116 valence electrons. The predicted molar refractivity (Wildman–Crippen MR) is 78.0 cm³/mol. The molecule has 0 spiro atoms. The van der Waals surface area contributed by atoms with Crippen LogP contribution < -0.4 is 10.1 Å².